The Morgan fingerprint density at radius 3 is 2.11 bits per heavy atom. The summed E-state index contributed by atoms with van der Waals surface area (Å²) in [6, 6.07) is 45.7. The Morgan fingerprint density at radius 2 is 1.34 bits per heavy atom. The van der Waals surface area contributed by atoms with E-state index in [4.69, 9.17) is 4.99 Å². The maximum atomic E-state index is 5.35. The number of nitrogens with one attached hydrogen (secondary N) is 1. The summed E-state index contributed by atoms with van der Waals surface area (Å²) in [5.41, 5.74) is 12.9. The van der Waals surface area contributed by atoms with Gasteiger partial charge in [-0.3, -0.25) is 0 Å². The molecule has 0 spiro atoms. The highest BCUT2D eigenvalue weighted by Crippen LogP contribution is 2.33. The van der Waals surface area contributed by atoms with E-state index in [1.165, 1.54) is 38.3 Å². The fourth-order valence-electron chi connectivity index (χ4n) is 6.58. The van der Waals surface area contributed by atoms with Crippen molar-refractivity contribution in [2.45, 2.75) is 19.8 Å². The summed E-state index contributed by atoms with van der Waals surface area (Å²) in [6.07, 6.45) is 12.5. The van der Waals surface area contributed by atoms with Crippen LogP contribution >= 0.6 is 0 Å². The Balaban J connectivity index is 1.30. The second-order valence-electron chi connectivity index (χ2n) is 11.9. The zero-order valence-electron chi connectivity index (χ0n) is 26.8. The average molecular weight is 607 g/mol. The summed E-state index contributed by atoms with van der Waals surface area (Å²) in [6.45, 7) is 6.60. The molecule has 0 saturated carbocycles. The number of aliphatic imine (C=N–C) groups is 1. The van der Waals surface area contributed by atoms with Gasteiger partial charge in [-0.15, -0.1) is 0 Å². The molecule has 0 atom stereocenters. The highest BCUT2D eigenvalue weighted by atomic mass is 15.0. The summed E-state index contributed by atoms with van der Waals surface area (Å²) in [5, 5.41) is 6.34. The zero-order valence-corrected chi connectivity index (χ0v) is 26.8. The molecule has 0 aromatic heterocycles. The van der Waals surface area contributed by atoms with E-state index in [1.807, 2.05) is 12.2 Å². The summed E-state index contributed by atoms with van der Waals surface area (Å²) < 4.78 is 0. The van der Waals surface area contributed by atoms with Crippen molar-refractivity contribution in [1.82, 2.24) is 5.32 Å². The molecule has 7 rings (SSSR count). The Kier molecular flexibility index (Phi) is 8.75. The van der Waals surface area contributed by atoms with Crippen molar-refractivity contribution >= 4 is 34.3 Å². The van der Waals surface area contributed by atoms with Gasteiger partial charge in [0.2, 0.25) is 0 Å². The molecule has 2 heteroatoms. The van der Waals surface area contributed by atoms with E-state index in [0.29, 0.717) is 6.54 Å². The van der Waals surface area contributed by atoms with Crippen LogP contribution in [0.1, 0.15) is 47.6 Å². The molecule has 1 aliphatic carbocycles. The zero-order chi connectivity index (χ0) is 32.0. The monoisotopic (exact) mass is 606 g/mol. The first-order valence-corrected chi connectivity index (χ1v) is 16.4. The molecule has 47 heavy (non-hydrogen) atoms. The number of hydrogen-bond acceptors (Lipinski definition) is 2. The molecule has 2 nitrogen and oxygen atoms in total. The first-order chi connectivity index (χ1) is 23.2. The average Bonchev–Trinajstić information content (AvgIpc) is 3.15. The van der Waals surface area contributed by atoms with Crippen LogP contribution in [0.15, 0.2) is 163 Å². The van der Waals surface area contributed by atoms with Crippen molar-refractivity contribution in [1.29, 1.82) is 0 Å². The maximum Gasteiger partial charge on any atom is 0.134 e. The van der Waals surface area contributed by atoms with Crippen LogP contribution in [-0.2, 0) is 0 Å². The summed E-state index contributed by atoms with van der Waals surface area (Å²) in [5.74, 6) is 0.891. The first kappa shape index (κ1) is 30.0. The van der Waals surface area contributed by atoms with E-state index in [1.54, 1.807) is 0 Å². The SMILES string of the molecule is C=C/C=C\C(=C/C)c1cccc(C2=C(c3ccc(-c4ccccc4)cc3)CNC(c3ccc(C4=c5ccccc5=CCC4)cc3)=N2)c1. The van der Waals surface area contributed by atoms with Gasteiger partial charge in [0.1, 0.15) is 5.84 Å². The standard InChI is InChI=1S/C45H38N2/c1-3-5-13-32(4-2)39-18-11-19-40(30-39)44-43(37-24-22-34(23-25-37)33-14-7-6-8-15-33)31-46-45(47-44)38-28-26-36(27-29-38)42-21-12-17-35-16-9-10-20-41(35)42/h3-11,13-20,22-30H,1,12,21,31H2,2H3,(H,46,47)/b13-5-,32-4+. The predicted molar refractivity (Wildman–Crippen MR) is 201 cm³/mol. The number of benzene rings is 5. The lowest BCUT2D eigenvalue weighted by Gasteiger charge is -2.23. The van der Waals surface area contributed by atoms with E-state index in [2.05, 4.69) is 164 Å². The van der Waals surface area contributed by atoms with Crippen molar-refractivity contribution in [3.63, 3.8) is 0 Å². The third kappa shape index (κ3) is 6.36. The van der Waals surface area contributed by atoms with E-state index < -0.39 is 0 Å². The van der Waals surface area contributed by atoms with Gasteiger partial charge in [-0.2, -0.15) is 0 Å². The number of rotatable bonds is 8. The van der Waals surface area contributed by atoms with Gasteiger partial charge in [-0.25, -0.2) is 4.99 Å². The molecule has 1 N–H and O–H groups in total. The Bertz CT molecular complexity index is 2180. The van der Waals surface area contributed by atoms with Gasteiger partial charge >= 0.3 is 0 Å². The van der Waals surface area contributed by atoms with E-state index in [0.717, 1.165) is 52.2 Å². The second kappa shape index (κ2) is 13.7. The van der Waals surface area contributed by atoms with Gasteiger partial charge in [0.15, 0.2) is 0 Å². The minimum Gasteiger partial charge on any atom is -0.365 e. The van der Waals surface area contributed by atoms with Gasteiger partial charge in [0.05, 0.1) is 5.70 Å². The maximum absolute atomic E-state index is 5.35. The van der Waals surface area contributed by atoms with Crippen molar-refractivity contribution in [2.75, 3.05) is 6.54 Å². The van der Waals surface area contributed by atoms with Gasteiger partial charge in [0.25, 0.3) is 0 Å². The molecular formula is C45H38N2. The molecule has 5 aromatic carbocycles. The van der Waals surface area contributed by atoms with Crippen molar-refractivity contribution < 1.29 is 0 Å². The highest BCUT2D eigenvalue weighted by Gasteiger charge is 2.20. The molecule has 0 amide bonds. The summed E-state index contributed by atoms with van der Waals surface area (Å²) in [7, 11) is 0. The Hall–Kier alpha value is -5.73. The van der Waals surface area contributed by atoms with Gasteiger partial charge < -0.3 is 5.32 Å². The van der Waals surface area contributed by atoms with Gasteiger partial charge in [0, 0.05) is 23.2 Å². The molecular weight excluding hydrogens is 569 g/mol. The number of nitrogens with zero attached hydrogens (tertiary/aromatic N) is 1. The smallest absolute Gasteiger partial charge is 0.134 e. The fraction of sp³-hybridized carbons (Fsp3) is 0.0889. The molecule has 0 unspecified atom stereocenters. The van der Waals surface area contributed by atoms with E-state index in [-0.39, 0.29) is 0 Å². The van der Waals surface area contributed by atoms with Crippen molar-refractivity contribution in [3.05, 3.63) is 197 Å². The molecule has 1 heterocycles. The number of amidine groups is 1. The van der Waals surface area contributed by atoms with E-state index in [9.17, 15) is 0 Å². The molecule has 0 bridgehead atoms. The summed E-state index contributed by atoms with van der Waals surface area (Å²) >= 11 is 0. The van der Waals surface area contributed by atoms with Crippen molar-refractivity contribution in [2.24, 2.45) is 4.99 Å². The first-order valence-electron chi connectivity index (χ1n) is 16.4. The van der Waals surface area contributed by atoms with Crippen LogP contribution in [0.5, 0.6) is 0 Å². The fourth-order valence-corrected chi connectivity index (χ4v) is 6.58. The molecule has 0 fully saturated rings. The normalized spacial score (nSPS) is 14.7. The number of allylic oxidation sites excluding steroid dienone is 5. The van der Waals surface area contributed by atoms with Crippen LogP contribution in [0.25, 0.3) is 39.6 Å². The van der Waals surface area contributed by atoms with Gasteiger partial charge in [-0.1, -0.05) is 158 Å². The molecule has 0 saturated heterocycles. The largest absolute Gasteiger partial charge is 0.365 e. The lowest BCUT2D eigenvalue weighted by molar-refractivity contribution is 1.03. The minimum atomic E-state index is 0.679. The second-order valence-corrected chi connectivity index (χ2v) is 11.9. The van der Waals surface area contributed by atoms with Crippen LogP contribution in [0, 0.1) is 0 Å². The highest BCUT2D eigenvalue weighted by molar-refractivity contribution is 6.08. The van der Waals surface area contributed by atoms with Crippen LogP contribution < -0.4 is 15.8 Å². The third-order valence-electron chi connectivity index (χ3n) is 9.03. The number of hydrogen-bond donors (Lipinski definition) is 1. The van der Waals surface area contributed by atoms with Crippen LogP contribution in [0.4, 0.5) is 0 Å². The molecule has 5 aromatic rings. The van der Waals surface area contributed by atoms with Crippen LogP contribution in [-0.4, -0.2) is 12.4 Å². The van der Waals surface area contributed by atoms with Gasteiger partial charge in [-0.05, 0) is 75.2 Å². The third-order valence-corrected chi connectivity index (χ3v) is 9.03. The van der Waals surface area contributed by atoms with Crippen LogP contribution in [0.3, 0.4) is 0 Å². The lowest BCUT2D eigenvalue weighted by Crippen LogP contribution is -2.30. The number of fused-ring (bicyclic) bond motifs is 1. The molecule has 2 aliphatic rings. The molecule has 228 valence electrons. The topological polar surface area (TPSA) is 24.4 Å². The van der Waals surface area contributed by atoms with Crippen molar-refractivity contribution in [3.8, 4) is 11.1 Å². The molecule has 1 aliphatic heterocycles. The summed E-state index contributed by atoms with van der Waals surface area (Å²) in [4.78, 5) is 5.35. The predicted octanol–water partition coefficient (Wildman–Crippen LogP) is 9.19. The molecule has 0 radical (unpaired) electrons. The quantitative estimate of drug-likeness (QED) is 0.175. The van der Waals surface area contributed by atoms with E-state index >= 15 is 0 Å². The minimum absolute atomic E-state index is 0.679. The van der Waals surface area contributed by atoms with Crippen LogP contribution in [0.2, 0.25) is 0 Å². The lowest BCUT2D eigenvalue weighted by atomic mass is 9.92. The Morgan fingerprint density at radius 1 is 0.681 bits per heavy atom. The Labute approximate surface area is 277 Å².